The Kier molecular flexibility index (Phi) is 1.60. The summed E-state index contributed by atoms with van der Waals surface area (Å²) in [6.45, 7) is 0. The summed E-state index contributed by atoms with van der Waals surface area (Å²) in [7, 11) is 0. The van der Waals surface area contributed by atoms with E-state index in [1.165, 1.54) is 0 Å². The third-order valence-electron chi connectivity index (χ3n) is 1.37. The molecule has 0 bridgehead atoms. The van der Waals surface area contributed by atoms with Crippen molar-refractivity contribution in [2.24, 2.45) is 0 Å². The van der Waals surface area contributed by atoms with E-state index < -0.39 is 34.5 Å². The zero-order chi connectivity index (χ0) is 9.46. The topological polar surface area (TPSA) is 107 Å². The first-order valence-corrected chi connectivity index (χ1v) is 2.87. The number of hydrogen-bond donors (Lipinski definition) is 5. The largest absolute Gasteiger partial charge is 0.503 e. The van der Waals surface area contributed by atoms with Crippen molar-refractivity contribution in [3.63, 3.8) is 0 Å². The normalized spacial score (nSPS) is 10.1. The minimum Gasteiger partial charge on any atom is -0.503 e. The number of aromatic hydroxyl groups is 4. The molecule has 0 saturated heterocycles. The number of benzene rings is 1. The molecule has 0 aliphatic heterocycles. The molecule has 66 valence electrons. The smallest absolute Gasteiger partial charge is 0.214 e. The molecule has 5 nitrogen and oxygen atoms in total. The van der Waals surface area contributed by atoms with Gasteiger partial charge in [0, 0.05) is 0 Å². The summed E-state index contributed by atoms with van der Waals surface area (Å²) < 4.78 is 12.6. The lowest BCUT2D eigenvalue weighted by atomic mass is 10.2. The zero-order valence-corrected chi connectivity index (χ0v) is 5.74. The lowest BCUT2D eigenvalue weighted by molar-refractivity contribution is 0.338. The SMILES string of the molecule is Nc1c(O)c(O)c(F)c(O)c1O. The Morgan fingerprint density at radius 3 is 1.50 bits per heavy atom. The Hall–Kier alpha value is -1.85. The number of phenols is 4. The van der Waals surface area contributed by atoms with Crippen LogP contribution in [0.2, 0.25) is 0 Å². The molecule has 0 saturated carbocycles. The average Bonchev–Trinajstić information content (AvgIpc) is 2.08. The second kappa shape index (κ2) is 2.33. The second-order valence-electron chi connectivity index (χ2n) is 2.12. The molecular weight excluding hydrogens is 169 g/mol. The molecule has 6 N–H and O–H groups in total. The minimum absolute atomic E-state index is 0.675. The summed E-state index contributed by atoms with van der Waals surface area (Å²) in [6, 6.07) is 0. The molecule has 1 aromatic rings. The highest BCUT2D eigenvalue weighted by atomic mass is 19.1. The maximum absolute atomic E-state index is 12.6. The predicted octanol–water partition coefficient (Wildman–Crippen LogP) is 0.230. The van der Waals surface area contributed by atoms with Gasteiger partial charge in [0.15, 0.2) is 23.0 Å². The van der Waals surface area contributed by atoms with Crippen LogP contribution in [0.15, 0.2) is 0 Å². The van der Waals surface area contributed by atoms with E-state index >= 15 is 0 Å². The number of hydrogen-bond acceptors (Lipinski definition) is 5. The first kappa shape index (κ1) is 8.25. The van der Waals surface area contributed by atoms with Crippen LogP contribution in [-0.4, -0.2) is 20.4 Å². The van der Waals surface area contributed by atoms with Gasteiger partial charge in [0.1, 0.15) is 5.69 Å². The summed E-state index contributed by atoms with van der Waals surface area (Å²) in [4.78, 5) is 0. The summed E-state index contributed by atoms with van der Waals surface area (Å²) >= 11 is 0. The van der Waals surface area contributed by atoms with Crippen molar-refractivity contribution >= 4 is 5.69 Å². The average molecular weight is 175 g/mol. The molecule has 0 spiro atoms. The Morgan fingerprint density at radius 2 is 1.17 bits per heavy atom. The van der Waals surface area contributed by atoms with Crippen LogP contribution in [0.1, 0.15) is 0 Å². The van der Waals surface area contributed by atoms with E-state index in [1.807, 2.05) is 0 Å². The third-order valence-corrected chi connectivity index (χ3v) is 1.37. The van der Waals surface area contributed by atoms with E-state index in [9.17, 15) is 4.39 Å². The molecular formula is C6H6FNO4. The molecule has 0 amide bonds. The Morgan fingerprint density at radius 1 is 0.833 bits per heavy atom. The van der Waals surface area contributed by atoms with Gasteiger partial charge in [-0.2, -0.15) is 4.39 Å². The molecule has 12 heavy (non-hydrogen) atoms. The predicted molar refractivity (Wildman–Crippen MR) is 37.5 cm³/mol. The van der Waals surface area contributed by atoms with Crippen molar-refractivity contribution in [2.75, 3.05) is 5.73 Å². The van der Waals surface area contributed by atoms with Gasteiger partial charge in [-0.3, -0.25) is 0 Å². The molecule has 1 aromatic carbocycles. The van der Waals surface area contributed by atoms with E-state index in [2.05, 4.69) is 0 Å². The second-order valence-corrected chi connectivity index (χ2v) is 2.12. The van der Waals surface area contributed by atoms with Crippen LogP contribution in [0.25, 0.3) is 0 Å². The third kappa shape index (κ3) is 0.849. The molecule has 0 atom stereocenters. The molecule has 0 fully saturated rings. The zero-order valence-electron chi connectivity index (χ0n) is 5.74. The maximum Gasteiger partial charge on any atom is 0.214 e. The molecule has 0 aliphatic rings. The fourth-order valence-electron chi connectivity index (χ4n) is 0.687. The van der Waals surface area contributed by atoms with Crippen molar-refractivity contribution in [2.45, 2.75) is 0 Å². The lowest BCUT2D eigenvalue weighted by Crippen LogP contribution is -1.90. The number of anilines is 1. The number of halogens is 1. The molecule has 6 heteroatoms. The highest BCUT2D eigenvalue weighted by Crippen LogP contribution is 2.46. The van der Waals surface area contributed by atoms with Gasteiger partial charge in [-0.05, 0) is 0 Å². The molecule has 0 aromatic heterocycles. The lowest BCUT2D eigenvalue weighted by Gasteiger charge is -2.06. The van der Waals surface area contributed by atoms with Crippen molar-refractivity contribution in [3.05, 3.63) is 5.82 Å². The molecule has 0 aliphatic carbocycles. The van der Waals surface area contributed by atoms with E-state index in [4.69, 9.17) is 26.2 Å². The van der Waals surface area contributed by atoms with Crippen molar-refractivity contribution < 1.29 is 24.8 Å². The Labute approximate surface area is 66.1 Å². The highest BCUT2D eigenvalue weighted by Gasteiger charge is 2.21. The van der Waals surface area contributed by atoms with E-state index in [-0.39, 0.29) is 0 Å². The molecule has 0 unspecified atom stereocenters. The number of nitrogen functional groups attached to an aromatic ring is 1. The Bertz CT molecular complexity index is 234. The van der Waals surface area contributed by atoms with E-state index in [0.29, 0.717) is 0 Å². The van der Waals surface area contributed by atoms with Gasteiger partial charge in [-0.15, -0.1) is 0 Å². The standard InChI is InChI=1S/C6H6FNO4/c7-1-3(9)5(11)2(8)6(12)4(1)10/h9-12H,8H2. The van der Waals surface area contributed by atoms with Gasteiger partial charge in [-0.1, -0.05) is 0 Å². The monoisotopic (exact) mass is 175 g/mol. The number of rotatable bonds is 0. The van der Waals surface area contributed by atoms with Gasteiger partial charge < -0.3 is 26.2 Å². The number of nitrogens with two attached hydrogens (primary N) is 1. The van der Waals surface area contributed by atoms with Crippen LogP contribution >= 0.6 is 0 Å². The Balaban J connectivity index is 3.60. The van der Waals surface area contributed by atoms with Crippen LogP contribution in [0.5, 0.6) is 23.0 Å². The first-order valence-electron chi connectivity index (χ1n) is 2.87. The summed E-state index contributed by atoms with van der Waals surface area (Å²) in [6.07, 6.45) is 0. The van der Waals surface area contributed by atoms with E-state index in [1.54, 1.807) is 0 Å². The molecule has 0 radical (unpaired) electrons. The fourth-order valence-corrected chi connectivity index (χ4v) is 0.687. The first-order chi connectivity index (χ1) is 5.46. The highest BCUT2D eigenvalue weighted by molar-refractivity contribution is 5.72. The van der Waals surface area contributed by atoms with Crippen LogP contribution in [0, 0.1) is 5.82 Å². The van der Waals surface area contributed by atoms with Crippen LogP contribution in [0.4, 0.5) is 10.1 Å². The van der Waals surface area contributed by atoms with Crippen molar-refractivity contribution in [3.8, 4) is 23.0 Å². The van der Waals surface area contributed by atoms with Crippen molar-refractivity contribution in [1.29, 1.82) is 0 Å². The van der Waals surface area contributed by atoms with Gasteiger partial charge in [0.2, 0.25) is 5.82 Å². The van der Waals surface area contributed by atoms with Crippen LogP contribution in [-0.2, 0) is 0 Å². The number of phenolic OH excluding ortho intramolecular Hbond substituents is 4. The molecule has 0 heterocycles. The van der Waals surface area contributed by atoms with Crippen LogP contribution in [0.3, 0.4) is 0 Å². The fraction of sp³-hybridized carbons (Fsp3) is 0. The quantitative estimate of drug-likeness (QED) is 0.220. The van der Waals surface area contributed by atoms with E-state index in [0.717, 1.165) is 0 Å². The molecule has 1 rings (SSSR count). The van der Waals surface area contributed by atoms with Gasteiger partial charge in [-0.25, -0.2) is 0 Å². The maximum atomic E-state index is 12.6. The van der Waals surface area contributed by atoms with Gasteiger partial charge in [0.25, 0.3) is 0 Å². The summed E-state index contributed by atoms with van der Waals surface area (Å²) in [5.74, 6) is -5.89. The summed E-state index contributed by atoms with van der Waals surface area (Å²) in [5, 5.41) is 35.0. The van der Waals surface area contributed by atoms with Crippen LogP contribution < -0.4 is 5.73 Å². The summed E-state index contributed by atoms with van der Waals surface area (Å²) in [5.41, 5.74) is 4.29. The minimum atomic E-state index is -1.51. The van der Waals surface area contributed by atoms with Gasteiger partial charge >= 0.3 is 0 Å². The van der Waals surface area contributed by atoms with Crippen molar-refractivity contribution in [1.82, 2.24) is 0 Å². The van der Waals surface area contributed by atoms with Gasteiger partial charge in [0.05, 0.1) is 0 Å².